The van der Waals surface area contributed by atoms with E-state index in [1.807, 2.05) is 6.92 Å². The summed E-state index contributed by atoms with van der Waals surface area (Å²) in [4.78, 5) is 13.4. The van der Waals surface area contributed by atoms with Crippen LogP contribution in [0, 0.1) is 5.92 Å². The molecule has 0 radical (unpaired) electrons. The molecule has 5 nitrogen and oxygen atoms in total. The van der Waals surface area contributed by atoms with E-state index in [4.69, 9.17) is 4.74 Å². The molecule has 1 heterocycles. The number of hydrogen-bond donors (Lipinski definition) is 1. The molecular weight excluding hydrogens is 208 g/mol. The summed E-state index contributed by atoms with van der Waals surface area (Å²) in [6.45, 7) is 6.00. The van der Waals surface area contributed by atoms with Crippen LogP contribution in [0.25, 0.3) is 0 Å². The van der Waals surface area contributed by atoms with Gasteiger partial charge in [0, 0.05) is 26.2 Å². The molecule has 0 bridgehead atoms. The summed E-state index contributed by atoms with van der Waals surface area (Å²) in [6.07, 6.45) is 0.226. The smallest absolute Gasteiger partial charge is 0.309 e. The molecule has 2 unspecified atom stereocenters. The Balaban J connectivity index is 2.12. The van der Waals surface area contributed by atoms with Crippen LogP contribution in [-0.4, -0.2) is 63.9 Å². The van der Waals surface area contributed by atoms with E-state index in [-0.39, 0.29) is 18.0 Å². The fourth-order valence-electron chi connectivity index (χ4n) is 1.74. The molecule has 1 fully saturated rings. The van der Waals surface area contributed by atoms with Gasteiger partial charge in [0.25, 0.3) is 0 Å². The highest BCUT2D eigenvalue weighted by Crippen LogP contribution is 2.02. The van der Waals surface area contributed by atoms with Gasteiger partial charge in [-0.3, -0.25) is 4.79 Å². The van der Waals surface area contributed by atoms with Crippen LogP contribution in [0.2, 0.25) is 0 Å². The van der Waals surface area contributed by atoms with Crippen molar-refractivity contribution >= 4 is 5.97 Å². The second-order valence-electron chi connectivity index (χ2n) is 4.34. The number of methoxy groups -OCH3 is 1. The van der Waals surface area contributed by atoms with E-state index in [2.05, 4.69) is 22.0 Å². The van der Waals surface area contributed by atoms with Crippen LogP contribution in [0.1, 0.15) is 6.92 Å². The fraction of sp³-hybridized carbons (Fsp3) is 0.909. The summed E-state index contributed by atoms with van der Waals surface area (Å²) in [5.41, 5.74) is 0. The number of nitrogens with one attached hydrogen (secondary N) is 1. The van der Waals surface area contributed by atoms with E-state index in [0.717, 1.165) is 26.2 Å². The zero-order chi connectivity index (χ0) is 12.0. The van der Waals surface area contributed by atoms with Crippen molar-refractivity contribution in [1.82, 2.24) is 10.2 Å². The van der Waals surface area contributed by atoms with Gasteiger partial charge in [-0.25, -0.2) is 0 Å². The molecule has 0 saturated carbocycles. The van der Waals surface area contributed by atoms with Gasteiger partial charge in [0.2, 0.25) is 0 Å². The predicted molar refractivity (Wildman–Crippen MR) is 61.3 cm³/mol. The van der Waals surface area contributed by atoms with Crippen LogP contribution >= 0.6 is 0 Å². The van der Waals surface area contributed by atoms with E-state index in [1.54, 1.807) is 0 Å². The summed E-state index contributed by atoms with van der Waals surface area (Å²) < 4.78 is 10.2. The highest BCUT2D eigenvalue weighted by atomic mass is 16.5. The second kappa shape index (κ2) is 6.83. The lowest BCUT2D eigenvalue weighted by Gasteiger charge is -2.30. The molecule has 1 N–H and O–H groups in total. The lowest BCUT2D eigenvalue weighted by molar-refractivity contribution is -0.144. The molecule has 0 spiro atoms. The Morgan fingerprint density at radius 2 is 2.44 bits per heavy atom. The monoisotopic (exact) mass is 230 g/mol. The number of carbonyl (C=O) groups is 1. The maximum Gasteiger partial charge on any atom is 0.309 e. The number of likely N-dealkylation sites (N-methyl/N-ethyl adjacent to an activating group) is 1. The molecule has 0 aliphatic carbocycles. The van der Waals surface area contributed by atoms with Crippen molar-refractivity contribution in [3.8, 4) is 0 Å². The molecular formula is C11H22N2O3. The number of nitrogens with zero attached hydrogens (tertiary/aromatic N) is 1. The van der Waals surface area contributed by atoms with Crippen LogP contribution < -0.4 is 5.32 Å². The summed E-state index contributed by atoms with van der Waals surface area (Å²) in [6, 6.07) is 0. The Morgan fingerprint density at radius 1 is 1.69 bits per heavy atom. The van der Waals surface area contributed by atoms with Gasteiger partial charge in [-0.1, -0.05) is 6.92 Å². The summed E-state index contributed by atoms with van der Waals surface area (Å²) in [7, 11) is 3.50. The van der Waals surface area contributed by atoms with Gasteiger partial charge >= 0.3 is 5.97 Å². The molecule has 0 aromatic carbocycles. The number of esters is 1. The molecule has 1 aliphatic rings. The molecule has 1 rings (SSSR count). The lowest BCUT2D eigenvalue weighted by atomic mass is 10.2. The molecule has 0 aromatic heterocycles. The molecule has 0 amide bonds. The third-order valence-electron chi connectivity index (χ3n) is 2.77. The Bertz CT molecular complexity index is 223. The van der Waals surface area contributed by atoms with Crippen LogP contribution in [0.15, 0.2) is 0 Å². The van der Waals surface area contributed by atoms with Gasteiger partial charge in [0.05, 0.1) is 25.7 Å². The van der Waals surface area contributed by atoms with E-state index in [9.17, 15) is 4.79 Å². The van der Waals surface area contributed by atoms with Gasteiger partial charge in [-0.15, -0.1) is 0 Å². The first kappa shape index (κ1) is 13.4. The third kappa shape index (κ3) is 4.47. The SMILES string of the molecule is COC(=O)C(C)CNCC1CN(C)CCO1. The minimum absolute atomic E-state index is 0.105. The highest BCUT2D eigenvalue weighted by Gasteiger charge is 2.18. The molecule has 1 saturated heterocycles. The van der Waals surface area contributed by atoms with Crippen molar-refractivity contribution in [2.24, 2.45) is 5.92 Å². The standard InChI is InChI=1S/C11H22N2O3/c1-9(11(14)15-3)6-12-7-10-8-13(2)4-5-16-10/h9-10,12H,4-8H2,1-3H3. The van der Waals surface area contributed by atoms with E-state index in [1.165, 1.54) is 7.11 Å². The first-order chi connectivity index (χ1) is 7.63. The molecule has 94 valence electrons. The molecule has 16 heavy (non-hydrogen) atoms. The summed E-state index contributed by atoms with van der Waals surface area (Å²) in [5.74, 6) is -0.277. The Kier molecular flexibility index (Phi) is 5.73. The zero-order valence-corrected chi connectivity index (χ0v) is 10.4. The normalized spacial score (nSPS) is 24.1. The minimum atomic E-state index is -0.172. The van der Waals surface area contributed by atoms with Crippen LogP contribution in [0.3, 0.4) is 0 Å². The largest absolute Gasteiger partial charge is 0.469 e. The zero-order valence-electron chi connectivity index (χ0n) is 10.4. The van der Waals surface area contributed by atoms with Crippen molar-refractivity contribution in [1.29, 1.82) is 0 Å². The highest BCUT2D eigenvalue weighted by molar-refractivity contribution is 5.71. The van der Waals surface area contributed by atoms with Crippen LogP contribution in [0.4, 0.5) is 0 Å². The van der Waals surface area contributed by atoms with Gasteiger partial charge in [-0.2, -0.15) is 0 Å². The van der Waals surface area contributed by atoms with E-state index in [0.29, 0.717) is 6.54 Å². The molecule has 0 aromatic rings. The van der Waals surface area contributed by atoms with Crippen molar-refractivity contribution in [2.45, 2.75) is 13.0 Å². The second-order valence-corrected chi connectivity index (χ2v) is 4.34. The predicted octanol–water partition coefficient (Wildman–Crippen LogP) is -0.284. The number of morpholine rings is 1. The van der Waals surface area contributed by atoms with Gasteiger partial charge in [0.1, 0.15) is 0 Å². The average molecular weight is 230 g/mol. The number of carbonyl (C=O) groups excluding carboxylic acids is 1. The summed E-state index contributed by atoms with van der Waals surface area (Å²) >= 11 is 0. The van der Waals surface area contributed by atoms with Crippen molar-refractivity contribution in [3.63, 3.8) is 0 Å². The Hall–Kier alpha value is -0.650. The van der Waals surface area contributed by atoms with Crippen molar-refractivity contribution in [2.75, 3.05) is 46.9 Å². The first-order valence-electron chi connectivity index (χ1n) is 5.72. The van der Waals surface area contributed by atoms with Gasteiger partial charge < -0.3 is 19.7 Å². The molecule has 2 atom stereocenters. The van der Waals surface area contributed by atoms with Crippen molar-refractivity contribution < 1.29 is 14.3 Å². The average Bonchev–Trinajstić information content (AvgIpc) is 2.28. The van der Waals surface area contributed by atoms with Crippen molar-refractivity contribution in [3.05, 3.63) is 0 Å². The van der Waals surface area contributed by atoms with E-state index >= 15 is 0 Å². The third-order valence-corrected chi connectivity index (χ3v) is 2.77. The number of ether oxygens (including phenoxy) is 2. The maximum atomic E-state index is 11.1. The number of hydrogen-bond acceptors (Lipinski definition) is 5. The minimum Gasteiger partial charge on any atom is -0.469 e. The first-order valence-corrected chi connectivity index (χ1v) is 5.72. The molecule has 5 heteroatoms. The van der Waals surface area contributed by atoms with Gasteiger partial charge in [-0.05, 0) is 7.05 Å². The lowest BCUT2D eigenvalue weighted by Crippen LogP contribution is -2.45. The van der Waals surface area contributed by atoms with Crippen LogP contribution in [0.5, 0.6) is 0 Å². The van der Waals surface area contributed by atoms with Gasteiger partial charge in [0.15, 0.2) is 0 Å². The number of rotatable bonds is 5. The van der Waals surface area contributed by atoms with Crippen LogP contribution in [-0.2, 0) is 14.3 Å². The Morgan fingerprint density at radius 3 is 3.06 bits per heavy atom. The topological polar surface area (TPSA) is 50.8 Å². The molecule has 1 aliphatic heterocycles. The quantitative estimate of drug-likeness (QED) is 0.658. The maximum absolute atomic E-state index is 11.1. The summed E-state index contributed by atoms with van der Waals surface area (Å²) in [5, 5.41) is 3.24. The fourth-order valence-corrected chi connectivity index (χ4v) is 1.74. The van der Waals surface area contributed by atoms with E-state index < -0.39 is 0 Å². The Labute approximate surface area is 97.1 Å².